The first-order valence-electron chi connectivity index (χ1n) is 4.59. The Morgan fingerprint density at radius 3 is 3.08 bits per heavy atom. The van der Waals surface area contributed by atoms with Crippen molar-refractivity contribution in [1.29, 1.82) is 0 Å². The maximum absolute atomic E-state index is 9.56. The minimum absolute atomic E-state index is 0.308. The average molecular weight is 177 g/mol. The van der Waals surface area contributed by atoms with Crippen LogP contribution in [0.4, 0.5) is 0 Å². The Labute approximate surface area is 78.2 Å². The van der Waals surface area contributed by atoms with Gasteiger partial charge in [-0.25, -0.2) is 0 Å². The lowest BCUT2D eigenvalue weighted by Gasteiger charge is -2.18. The third kappa shape index (κ3) is 1.48. The Morgan fingerprint density at radius 2 is 2.31 bits per heavy atom. The summed E-state index contributed by atoms with van der Waals surface area (Å²) in [6.07, 6.45) is 4.03. The summed E-state index contributed by atoms with van der Waals surface area (Å²) in [5.41, 5.74) is 2.10. The van der Waals surface area contributed by atoms with Crippen LogP contribution in [0.3, 0.4) is 0 Å². The minimum atomic E-state index is 0.308. The first kappa shape index (κ1) is 8.42. The summed E-state index contributed by atoms with van der Waals surface area (Å²) >= 11 is 0. The van der Waals surface area contributed by atoms with E-state index in [4.69, 9.17) is 4.74 Å². The quantitative estimate of drug-likeness (QED) is 0.713. The van der Waals surface area contributed by atoms with Gasteiger partial charge >= 0.3 is 0 Å². The van der Waals surface area contributed by atoms with Crippen LogP contribution < -0.4 is 4.74 Å². The van der Waals surface area contributed by atoms with Crippen molar-refractivity contribution in [2.75, 3.05) is 6.61 Å². The molecular weight excluding hydrogens is 164 g/mol. The molecular formula is C11H13O2. The van der Waals surface area contributed by atoms with Gasteiger partial charge < -0.3 is 9.84 Å². The molecule has 0 fully saturated rings. The number of rotatable bonds is 1. The Kier molecular flexibility index (Phi) is 2.13. The van der Waals surface area contributed by atoms with E-state index < -0.39 is 0 Å². The molecule has 0 spiro atoms. The van der Waals surface area contributed by atoms with Gasteiger partial charge in [0.25, 0.3) is 0 Å². The molecule has 1 aliphatic rings. The van der Waals surface area contributed by atoms with Crippen molar-refractivity contribution in [2.24, 2.45) is 0 Å². The van der Waals surface area contributed by atoms with Crippen molar-refractivity contribution >= 4 is 0 Å². The van der Waals surface area contributed by atoms with Gasteiger partial charge in [0.05, 0.1) is 6.61 Å². The van der Waals surface area contributed by atoms with E-state index in [0.29, 0.717) is 5.75 Å². The number of aromatic hydroxyl groups is 1. The van der Waals surface area contributed by atoms with Gasteiger partial charge in [-0.1, -0.05) is 6.92 Å². The van der Waals surface area contributed by atoms with Crippen molar-refractivity contribution in [3.63, 3.8) is 0 Å². The molecule has 1 N–H and O–H groups in total. The van der Waals surface area contributed by atoms with E-state index in [9.17, 15) is 5.11 Å². The van der Waals surface area contributed by atoms with E-state index in [1.165, 1.54) is 5.56 Å². The van der Waals surface area contributed by atoms with Gasteiger partial charge in [0.15, 0.2) is 0 Å². The molecule has 0 saturated heterocycles. The van der Waals surface area contributed by atoms with Crippen LogP contribution in [0.15, 0.2) is 12.1 Å². The number of phenolic OH excluding ortho intramolecular Hbond substituents is 1. The molecule has 69 valence electrons. The molecule has 2 nitrogen and oxygen atoms in total. The summed E-state index contributed by atoms with van der Waals surface area (Å²) in [4.78, 5) is 0. The Hall–Kier alpha value is -1.18. The number of aryl methyl sites for hydroxylation is 1. The second-order valence-electron chi connectivity index (χ2n) is 3.26. The summed E-state index contributed by atoms with van der Waals surface area (Å²) < 4.78 is 5.43. The zero-order valence-corrected chi connectivity index (χ0v) is 7.71. The lowest BCUT2D eigenvalue weighted by Crippen LogP contribution is -2.08. The molecule has 2 heteroatoms. The van der Waals surface area contributed by atoms with Crippen LogP contribution in [-0.2, 0) is 6.42 Å². The van der Waals surface area contributed by atoms with Crippen molar-refractivity contribution in [3.05, 3.63) is 29.7 Å². The lowest BCUT2D eigenvalue weighted by atomic mass is 10.0. The summed E-state index contributed by atoms with van der Waals surface area (Å²) in [6, 6.07) is 3.72. The predicted molar refractivity (Wildman–Crippen MR) is 51.0 cm³/mol. The molecule has 1 radical (unpaired) electrons. The highest BCUT2D eigenvalue weighted by molar-refractivity contribution is 5.49. The third-order valence-corrected chi connectivity index (χ3v) is 2.37. The van der Waals surface area contributed by atoms with E-state index in [-0.39, 0.29) is 0 Å². The first-order valence-corrected chi connectivity index (χ1v) is 4.59. The number of fused-ring (bicyclic) bond motifs is 1. The third-order valence-electron chi connectivity index (χ3n) is 2.37. The summed E-state index contributed by atoms with van der Waals surface area (Å²) in [7, 11) is 0. The van der Waals surface area contributed by atoms with E-state index in [0.717, 1.165) is 30.8 Å². The van der Waals surface area contributed by atoms with Crippen LogP contribution >= 0.6 is 0 Å². The Bertz CT molecular complexity index is 318. The van der Waals surface area contributed by atoms with Gasteiger partial charge in [0.2, 0.25) is 0 Å². The average Bonchev–Trinajstić information content (AvgIpc) is 2.17. The molecule has 13 heavy (non-hydrogen) atoms. The Balaban J connectivity index is 2.44. The Morgan fingerprint density at radius 1 is 1.46 bits per heavy atom. The van der Waals surface area contributed by atoms with Crippen LogP contribution in [-0.4, -0.2) is 11.7 Å². The van der Waals surface area contributed by atoms with Gasteiger partial charge in [0, 0.05) is 6.07 Å². The van der Waals surface area contributed by atoms with Gasteiger partial charge in [-0.3, -0.25) is 0 Å². The molecule has 0 atom stereocenters. The molecule has 1 aromatic rings. The largest absolute Gasteiger partial charge is 0.508 e. The van der Waals surface area contributed by atoms with Crippen LogP contribution in [0.25, 0.3) is 0 Å². The fourth-order valence-electron chi connectivity index (χ4n) is 1.64. The molecule has 0 aromatic heterocycles. The van der Waals surface area contributed by atoms with Gasteiger partial charge in [-0.15, -0.1) is 0 Å². The highest BCUT2D eigenvalue weighted by Crippen LogP contribution is 2.32. The maximum Gasteiger partial charge on any atom is 0.126 e. The van der Waals surface area contributed by atoms with E-state index in [2.05, 4.69) is 0 Å². The van der Waals surface area contributed by atoms with Crippen LogP contribution in [0.1, 0.15) is 24.5 Å². The molecule has 2 rings (SSSR count). The smallest absolute Gasteiger partial charge is 0.126 e. The maximum atomic E-state index is 9.56. The standard InChI is InChI=1S/C11H13O2/c1-2-8-6-9-4-3-5-13-11(9)7-10(8)12/h2,6-7,12H,3-5H2,1H3. The molecule has 0 bridgehead atoms. The van der Waals surface area contributed by atoms with Crippen molar-refractivity contribution in [3.8, 4) is 11.5 Å². The summed E-state index contributed by atoms with van der Waals surface area (Å²) in [5.74, 6) is 1.15. The van der Waals surface area contributed by atoms with Gasteiger partial charge in [-0.2, -0.15) is 0 Å². The number of benzene rings is 1. The number of hydrogen-bond donors (Lipinski definition) is 1. The molecule has 1 heterocycles. The molecule has 0 saturated carbocycles. The van der Waals surface area contributed by atoms with E-state index in [1.807, 2.05) is 19.4 Å². The highest BCUT2D eigenvalue weighted by Gasteiger charge is 2.13. The molecule has 0 amide bonds. The van der Waals surface area contributed by atoms with Crippen molar-refractivity contribution < 1.29 is 9.84 Å². The minimum Gasteiger partial charge on any atom is -0.508 e. The van der Waals surface area contributed by atoms with Crippen LogP contribution in [0.2, 0.25) is 0 Å². The molecule has 0 aliphatic carbocycles. The SMILES string of the molecule is C[CH]c1cc2c(cc1O)OCCC2. The summed E-state index contributed by atoms with van der Waals surface area (Å²) in [5, 5.41) is 9.56. The fourth-order valence-corrected chi connectivity index (χ4v) is 1.64. The fraction of sp³-hybridized carbons (Fsp3) is 0.364. The van der Waals surface area contributed by atoms with E-state index in [1.54, 1.807) is 6.07 Å². The second kappa shape index (κ2) is 3.29. The van der Waals surface area contributed by atoms with E-state index >= 15 is 0 Å². The number of phenols is 1. The van der Waals surface area contributed by atoms with Gasteiger partial charge in [0.1, 0.15) is 11.5 Å². The summed E-state index contributed by atoms with van der Waals surface area (Å²) in [6.45, 7) is 2.69. The molecule has 1 aromatic carbocycles. The monoisotopic (exact) mass is 177 g/mol. The van der Waals surface area contributed by atoms with Crippen LogP contribution in [0, 0.1) is 6.42 Å². The topological polar surface area (TPSA) is 29.5 Å². The zero-order valence-electron chi connectivity index (χ0n) is 7.71. The number of hydrogen-bond acceptors (Lipinski definition) is 2. The molecule has 1 aliphatic heterocycles. The van der Waals surface area contributed by atoms with Gasteiger partial charge in [-0.05, 0) is 36.5 Å². The number of ether oxygens (including phenoxy) is 1. The normalized spacial score (nSPS) is 14.8. The lowest BCUT2D eigenvalue weighted by molar-refractivity contribution is 0.286. The van der Waals surface area contributed by atoms with Crippen molar-refractivity contribution in [1.82, 2.24) is 0 Å². The van der Waals surface area contributed by atoms with Crippen molar-refractivity contribution in [2.45, 2.75) is 19.8 Å². The van der Waals surface area contributed by atoms with Crippen LogP contribution in [0.5, 0.6) is 11.5 Å². The zero-order chi connectivity index (χ0) is 9.26. The second-order valence-corrected chi connectivity index (χ2v) is 3.26. The molecule has 0 unspecified atom stereocenters. The first-order chi connectivity index (χ1) is 6.31. The predicted octanol–water partition coefficient (Wildman–Crippen LogP) is 2.29. The highest BCUT2D eigenvalue weighted by atomic mass is 16.5.